The molecular weight excluding hydrogens is 150 g/mol. The Morgan fingerprint density at radius 3 is 2.50 bits per heavy atom. The number of hydrogen-bond acceptors (Lipinski definition) is 2. The molecule has 0 aliphatic carbocycles. The lowest BCUT2D eigenvalue weighted by atomic mass is 10.1. The topological polar surface area (TPSA) is 21.3 Å². The van der Waals surface area contributed by atoms with Crippen LogP contribution >= 0.6 is 0 Å². The van der Waals surface area contributed by atoms with Gasteiger partial charge in [0.25, 0.3) is 0 Å². The van der Waals surface area contributed by atoms with Gasteiger partial charge in [-0.15, -0.1) is 0 Å². The number of rotatable bonds is 8. The van der Waals surface area contributed by atoms with E-state index < -0.39 is 0 Å². The molecule has 0 aliphatic rings. The second kappa shape index (κ2) is 9.01. The molecule has 1 unspecified atom stereocenters. The normalized spacial score (nSPS) is 13.2. The summed E-state index contributed by atoms with van der Waals surface area (Å²) in [6, 6.07) is 0.676. The summed E-state index contributed by atoms with van der Waals surface area (Å²) in [7, 11) is 2.03. The Morgan fingerprint density at radius 1 is 1.25 bits per heavy atom. The first-order valence-corrected chi connectivity index (χ1v) is 5.10. The van der Waals surface area contributed by atoms with Crippen molar-refractivity contribution in [1.29, 1.82) is 0 Å². The number of hydrogen-bond donors (Lipinski definition) is 1. The van der Waals surface area contributed by atoms with Crippen LogP contribution in [0.25, 0.3) is 0 Å². The van der Waals surface area contributed by atoms with Crippen molar-refractivity contribution < 1.29 is 4.74 Å². The molecule has 2 heteroatoms. The van der Waals surface area contributed by atoms with Crippen LogP contribution in [0.15, 0.2) is 0 Å². The lowest BCUT2D eigenvalue weighted by Crippen LogP contribution is -2.24. The molecule has 0 aromatic heterocycles. The molecular formula is C10H23NO. The maximum atomic E-state index is 5.39. The minimum absolute atomic E-state index is 0.676. The Kier molecular flexibility index (Phi) is 8.95. The first kappa shape index (κ1) is 11.9. The van der Waals surface area contributed by atoms with Crippen LogP contribution < -0.4 is 5.32 Å². The lowest BCUT2D eigenvalue weighted by molar-refractivity contribution is 0.128. The van der Waals surface area contributed by atoms with Crippen molar-refractivity contribution in [3.63, 3.8) is 0 Å². The highest BCUT2D eigenvalue weighted by Gasteiger charge is 2.00. The van der Waals surface area contributed by atoms with Crippen molar-refractivity contribution in [3.05, 3.63) is 0 Å². The summed E-state index contributed by atoms with van der Waals surface area (Å²) in [5.41, 5.74) is 0. The summed E-state index contributed by atoms with van der Waals surface area (Å²) in [4.78, 5) is 0. The fourth-order valence-corrected chi connectivity index (χ4v) is 1.23. The fourth-order valence-electron chi connectivity index (χ4n) is 1.23. The molecule has 2 nitrogen and oxygen atoms in total. The lowest BCUT2D eigenvalue weighted by Gasteiger charge is -2.12. The van der Waals surface area contributed by atoms with Crippen molar-refractivity contribution in [3.8, 4) is 0 Å². The standard InChI is InChI=1S/C10H23NO/c1-4-8-12-9-6-7-10(5-2)11-3/h10-11H,4-9H2,1-3H3. The van der Waals surface area contributed by atoms with Crippen molar-refractivity contribution in [1.82, 2.24) is 5.32 Å². The molecule has 1 atom stereocenters. The van der Waals surface area contributed by atoms with Crippen molar-refractivity contribution in [2.45, 2.75) is 45.6 Å². The zero-order chi connectivity index (χ0) is 9.23. The summed E-state index contributed by atoms with van der Waals surface area (Å²) in [6.07, 6.45) is 4.75. The average molecular weight is 173 g/mol. The van der Waals surface area contributed by atoms with Crippen LogP contribution in [0.2, 0.25) is 0 Å². The van der Waals surface area contributed by atoms with E-state index in [1.165, 1.54) is 19.3 Å². The highest BCUT2D eigenvalue weighted by molar-refractivity contribution is 4.60. The van der Waals surface area contributed by atoms with Gasteiger partial charge in [-0.05, 0) is 32.7 Å². The average Bonchev–Trinajstić information content (AvgIpc) is 2.11. The van der Waals surface area contributed by atoms with E-state index in [1.54, 1.807) is 0 Å². The summed E-state index contributed by atoms with van der Waals surface area (Å²) in [5, 5.41) is 3.29. The molecule has 0 heterocycles. The van der Waals surface area contributed by atoms with Crippen LogP contribution in [0.3, 0.4) is 0 Å². The van der Waals surface area contributed by atoms with Crippen LogP contribution in [-0.2, 0) is 4.74 Å². The Bertz CT molecular complexity index is 81.9. The van der Waals surface area contributed by atoms with Gasteiger partial charge in [0.1, 0.15) is 0 Å². The van der Waals surface area contributed by atoms with Crippen LogP contribution in [0.5, 0.6) is 0 Å². The quantitative estimate of drug-likeness (QED) is 0.568. The van der Waals surface area contributed by atoms with E-state index in [1.807, 2.05) is 7.05 Å². The van der Waals surface area contributed by atoms with Crippen LogP contribution in [0.1, 0.15) is 39.5 Å². The molecule has 0 spiro atoms. The van der Waals surface area contributed by atoms with Crippen LogP contribution in [0.4, 0.5) is 0 Å². The largest absolute Gasteiger partial charge is 0.381 e. The van der Waals surface area contributed by atoms with Gasteiger partial charge in [0.05, 0.1) is 0 Å². The molecule has 0 fully saturated rings. The van der Waals surface area contributed by atoms with E-state index in [0.29, 0.717) is 6.04 Å². The summed E-state index contributed by atoms with van der Waals surface area (Å²) >= 11 is 0. The molecule has 12 heavy (non-hydrogen) atoms. The molecule has 0 aromatic rings. The van der Waals surface area contributed by atoms with E-state index in [-0.39, 0.29) is 0 Å². The van der Waals surface area contributed by atoms with Crippen molar-refractivity contribution in [2.75, 3.05) is 20.3 Å². The molecule has 0 rings (SSSR count). The van der Waals surface area contributed by atoms with Gasteiger partial charge in [-0.2, -0.15) is 0 Å². The summed E-state index contributed by atoms with van der Waals surface area (Å²) in [5.74, 6) is 0. The van der Waals surface area contributed by atoms with Gasteiger partial charge in [0.15, 0.2) is 0 Å². The monoisotopic (exact) mass is 173 g/mol. The number of nitrogens with one attached hydrogen (secondary N) is 1. The van der Waals surface area contributed by atoms with Crippen LogP contribution in [0, 0.1) is 0 Å². The number of ether oxygens (including phenoxy) is 1. The van der Waals surface area contributed by atoms with Gasteiger partial charge in [0.2, 0.25) is 0 Å². The second-order valence-electron chi connectivity index (χ2n) is 3.15. The maximum Gasteiger partial charge on any atom is 0.0466 e. The molecule has 74 valence electrons. The second-order valence-corrected chi connectivity index (χ2v) is 3.15. The Morgan fingerprint density at radius 2 is 2.00 bits per heavy atom. The Labute approximate surface area is 76.7 Å². The van der Waals surface area contributed by atoms with E-state index in [9.17, 15) is 0 Å². The molecule has 0 amide bonds. The highest BCUT2D eigenvalue weighted by Crippen LogP contribution is 2.00. The SMILES string of the molecule is CCCOCCCC(CC)NC. The van der Waals surface area contributed by atoms with E-state index in [2.05, 4.69) is 19.2 Å². The summed E-state index contributed by atoms with van der Waals surface area (Å²) in [6.45, 7) is 6.19. The first-order valence-electron chi connectivity index (χ1n) is 5.10. The third kappa shape index (κ3) is 6.62. The van der Waals surface area contributed by atoms with Gasteiger partial charge >= 0.3 is 0 Å². The van der Waals surface area contributed by atoms with Gasteiger partial charge in [-0.3, -0.25) is 0 Å². The van der Waals surface area contributed by atoms with E-state index in [4.69, 9.17) is 4.74 Å². The molecule has 0 aliphatic heterocycles. The highest BCUT2D eigenvalue weighted by atomic mass is 16.5. The third-order valence-electron chi connectivity index (χ3n) is 2.09. The molecule has 0 aromatic carbocycles. The van der Waals surface area contributed by atoms with Gasteiger partial charge in [0, 0.05) is 19.3 Å². The predicted molar refractivity (Wildman–Crippen MR) is 53.5 cm³/mol. The van der Waals surface area contributed by atoms with Crippen molar-refractivity contribution in [2.24, 2.45) is 0 Å². The summed E-state index contributed by atoms with van der Waals surface area (Å²) < 4.78 is 5.39. The third-order valence-corrected chi connectivity index (χ3v) is 2.09. The predicted octanol–water partition coefficient (Wildman–Crippen LogP) is 2.19. The zero-order valence-corrected chi connectivity index (χ0v) is 8.73. The first-order chi connectivity index (χ1) is 5.85. The molecule has 0 saturated carbocycles. The zero-order valence-electron chi connectivity index (χ0n) is 8.73. The molecule has 1 N–H and O–H groups in total. The van der Waals surface area contributed by atoms with Gasteiger partial charge < -0.3 is 10.1 Å². The van der Waals surface area contributed by atoms with Crippen molar-refractivity contribution >= 4 is 0 Å². The minimum Gasteiger partial charge on any atom is -0.381 e. The van der Waals surface area contributed by atoms with Crippen LogP contribution in [-0.4, -0.2) is 26.3 Å². The van der Waals surface area contributed by atoms with E-state index in [0.717, 1.165) is 19.6 Å². The Hall–Kier alpha value is -0.0800. The molecule has 0 bridgehead atoms. The molecule has 0 saturated heterocycles. The minimum atomic E-state index is 0.676. The smallest absolute Gasteiger partial charge is 0.0466 e. The van der Waals surface area contributed by atoms with Gasteiger partial charge in [-0.25, -0.2) is 0 Å². The van der Waals surface area contributed by atoms with E-state index >= 15 is 0 Å². The van der Waals surface area contributed by atoms with Gasteiger partial charge in [-0.1, -0.05) is 13.8 Å². The molecule has 0 radical (unpaired) electrons. The Balaban J connectivity index is 3.06. The maximum absolute atomic E-state index is 5.39. The fraction of sp³-hybridized carbons (Fsp3) is 1.00.